The van der Waals surface area contributed by atoms with Gasteiger partial charge in [0.25, 0.3) is 0 Å². The lowest BCUT2D eigenvalue weighted by atomic mass is 10.3. The molecule has 5 heteroatoms. The number of methoxy groups -OCH3 is 1. The van der Waals surface area contributed by atoms with Crippen molar-refractivity contribution >= 4 is 5.91 Å². The summed E-state index contributed by atoms with van der Waals surface area (Å²) in [5.41, 5.74) is 0. The molecule has 0 aromatic heterocycles. The first-order valence-electron chi connectivity index (χ1n) is 5.90. The molecule has 98 valence electrons. The van der Waals surface area contributed by atoms with E-state index in [9.17, 15) is 4.79 Å². The third kappa shape index (κ3) is 6.25. The summed E-state index contributed by atoms with van der Waals surface area (Å²) in [5.74, 6) is 0.0463. The van der Waals surface area contributed by atoms with E-state index >= 15 is 0 Å². The van der Waals surface area contributed by atoms with E-state index in [1.165, 1.54) is 0 Å². The van der Waals surface area contributed by atoms with E-state index in [0.29, 0.717) is 26.1 Å². The average molecular weight is 241 g/mol. The van der Waals surface area contributed by atoms with Crippen LogP contribution in [0.4, 0.5) is 0 Å². The summed E-state index contributed by atoms with van der Waals surface area (Å²) in [7, 11) is 3.39. The topological polar surface area (TPSA) is 56.6 Å². The Morgan fingerprint density at radius 1 is 1.53 bits per heavy atom. The van der Waals surface area contributed by atoms with E-state index in [-0.39, 0.29) is 11.9 Å². The Morgan fingerprint density at radius 2 is 2.18 bits per heavy atom. The Kier molecular flexibility index (Phi) is 8.38. The molecule has 1 amide bonds. The normalized spacial score (nSPS) is 12.2. The number of hydrogen-bond acceptors (Lipinski definition) is 4. The molecular formula is C12H23N3O2. The van der Waals surface area contributed by atoms with Crippen LogP contribution in [-0.4, -0.2) is 62.1 Å². The van der Waals surface area contributed by atoms with Gasteiger partial charge in [-0.25, -0.2) is 0 Å². The number of nitrogens with zero attached hydrogens (tertiary/aromatic N) is 3. The van der Waals surface area contributed by atoms with Crippen molar-refractivity contribution in [3.8, 4) is 6.07 Å². The number of carbonyl (C=O) groups excluding carboxylic acids is 1. The Morgan fingerprint density at radius 3 is 2.65 bits per heavy atom. The molecule has 0 aliphatic rings. The minimum absolute atomic E-state index is 0.0463. The lowest BCUT2D eigenvalue weighted by Gasteiger charge is -2.28. The van der Waals surface area contributed by atoms with Gasteiger partial charge in [0, 0.05) is 26.7 Å². The van der Waals surface area contributed by atoms with Gasteiger partial charge in [-0.05, 0) is 13.5 Å². The third-order valence-corrected chi connectivity index (χ3v) is 2.76. The van der Waals surface area contributed by atoms with Crippen LogP contribution in [0.1, 0.15) is 20.3 Å². The second-order valence-corrected chi connectivity index (χ2v) is 4.09. The molecule has 0 saturated carbocycles. The maximum absolute atomic E-state index is 11.9. The van der Waals surface area contributed by atoms with Crippen LogP contribution < -0.4 is 0 Å². The molecule has 0 spiro atoms. The zero-order chi connectivity index (χ0) is 13.3. The van der Waals surface area contributed by atoms with Crippen LogP contribution in [0, 0.1) is 11.3 Å². The minimum Gasteiger partial charge on any atom is -0.383 e. The van der Waals surface area contributed by atoms with Crippen molar-refractivity contribution in [1.82, 2.24) is 9.80 Å². The fraction of sp³-hybridized carbons (Fsp3) is 0.833. The van der Waals surface area contributed by atoms with Crippen LogP contribution in [-0.2, 0) is 9.53 Å². The van der Waals surface area contributed by atoms with E-state index in [1.54, 1.807) is 19.1 Å². The fourth-order valence-electron chi connectivity index (χ4n) is 1.56. The van der Waals surface area contributed by atoms with Gasteiger partial charge in [-0.3, -0.25) is 9.69 Å². The average Bonchev–Trinajstić information content (AvgIpc) is 2.32. The summed E-state index contributed by atoms with van der Waals surface area (Å²) >= 11 is 0. The summed E-state index contributed by atoms with van der Waals surface area (Å²) in [6.07, 6.45) is 0.377. The summed E-state index contributed by atoms with van der Waals surface area (Å²) in [6.45, 7) is 6.35. The van der Waals surface area contributed by atoms with E-state index < -0.39 is 0 Å². The predicted molar refractivity (Wildman–Crippen MR) is 66.5 cm³/mol. The number of likely N-dealkylation sites (N-methyl/N-ethyl adjacent to an activating group) is 2. The van der Waals surface area contributed by atoms with Gasteiger partial charge in [0.05, 0.1) is 25.6 Å². The molecule has 0 bridgehead atoms. The van der Waals surface area contributed by atoms with E-state index in [4.69, 9.17) is 10.00 Å². The molecule has 0 aliphatic heterocycles. The third-order valence-electron chi connectivity index (χ3n) is 2.76. The zero-order valence-electron chi connectivity index (χ0n) is 11.3. The molecule has 17 heavy (non-hydrogen) atoms. The Hall–Kier alpha value is -1.12. The smallest absolute Gasteiger partial charge is 0.236 e. The predicted octanol–water partition coefficient (Wildman–Crippen LogP) is 0.715. The van der Waals surface area contributed by atoms with Crippen molar-refractivity contribution in [2.24, 2.45) is 0 Å². The molecule has 0 fully saturated rings. The van der Waals surface area contributed by atoms with E-state index in [0.717, 1.165) is 6.54 Å². The highest BCUT2D eigenvalue weighted by Crippen LogP contribution is 2.01. The number of ether oxygens (including phenoxy) is 1. The van der Waals surface area contributed by atoms with Crippen LogP contribution in [0.25, 0.3) is 0 Å². The maximum atomic E-state index is 11.9. The Balaban J connectivity index is 4.18. The summed E-state index contributed by atoms with van der Waals surface area (Å²) in [4.78, 5) is 15.5. The monoisotopic (exact) mass is 241 g/mol. The molecule has 0 rings (SSSR count). The summed E-state index contributed by atoms with van der Waals surface area (Å²) in [6, 6.07) is 2.26. The SMILES string of the molecule is CCN(CC(=O)N(C)CCC#N)C(C)COC. The highest BCUT2D eigenvalue weighted by molar-refractivity contribution is 5.78. The molecule has 0 radical (unpaired) electrons. The molecule has 1 unspecified atom stereocenters. The van der Waals surface area contributed by atoms with E-state index in [1.807, 2.05) is 19.9 Å². The molecular weight excluding hydrogens is 218 g/mol. The molecule has 1 atom stereocenters. The van der Waals surface area contributed by atoms with Gasteiger partial charge in [0.2, 0.25) is 5.91 Å². The number of hydrogen-bond donors (Lipinski definition) is 0. The summed E-state index contributed by atoms with van der Waals surface area (Å²) in [5, 5.41) is 8.47. The standard InChI is InChI=1S/C12H23N3O2/c1-5-15(11(2)10-17-4)9-12(16)14(3)8-6-7-13/h11H,5-6,8-10H2,1-4H3. The number of nitriles is 1. The molecule has 0 aliphatic carbocycles. The first kappa shape index (κ1) is 15.9. The minimum atomic E-state index is 0.0463. The second kappa shape index (κ2) is 8.97. The largest absolute Gasteiger partial charge is 0.383 e. The van der Waals surface area contributed by atoms with Crippen molar-refractivity contribution in [3.63, 3.8) is 0 Å². The van der Waals surface area contributed by atoms with Crippen LogP contribution in [0.5, 0.6) is 0 Å². The number of rotatable bonds is 8. The van der Waals surface area contributed by atoms with Crippen molar-refractivity contribution in [1.29, 1.82) is 5.26 Å². The van der Waals surface area contributed by atoms with Crippen LogP contribution >= 0.6 is 0 Å². The van der Waals surface area contributed by atoms with Gasteiger partial charge in [-0.15, -0.1) is 0 Å². The lowest BCUT2D eigenvalue weighted by Crippen LogP contribution is -2.44. The quantitative estimate of drug-likeness (QED) is 0.628. The Labute approximate surface area is 104 Å². The fourth-order valence-corrected chi connectivity index (χ4v) is 1.56. The Bertz CT molecular complexity index is 263. The van der Waals surface area contributed by atoms with Gasteiger partial charge < -0.3 is 9.64 Å². The number of carbonyl (C=O) groups is 1. The van der Waals surface area contributed by atoms with Crippen LogP contribution in [0.2, 0.25) is 0 Å². The second-order valence-electron chi connectivity index (χ2n) is 4.09. The van der Waals surface area contributed by atoms with Gasteiger partial charge in [-0.2, -0.15) is 5.26 Å². The van der Waals surface area contributed by atoms with Crippen LogP contribution in [0.15, 0.2) is 0 Å². The molecule has 0 saturated heterocycles. The van der Waals surface area contributed by atoms with E-state index in [2.05, 4.69) is 4.90 Å². The van der Waals surface area contributed by atoms with Gasteiger partial charge in [0.1, 0.15) is 0 Å². The molecule has 0 N–H and O–H groups in total. The molecule has 0 aromatic rings. The van der Waals surface area contributed by atoms with Crippen LogP contribution in [0.3, 0.4) is 0 Å². The van der Waals surface area contributed by atoms with Crippen molar-refractivity contribution in [2.45, 2.75) is 26.3 Å². The van der Waals surface area contributed by atoms with Gasteiger partial charge >= 0.3 is 0 Å². The zero-order valence-corrected chi connectivity index (χ0v) is 11.3. The highest BCUT2D eigenvalue weighted by Gasteiger charge is 2.17. The van der Waals surface area contributed by atoms with Gasteiger partial charge in [-0.1, -0.05) is 6.92 Å². The number of amides is 1. The summed E-state index contributed by atoms with van der Waals surface area (Å²) < 4.78 is 5.08. The highest BCUT2D eigenvalue weighted by atomic mass is 16.5. The van der Waals surface area contributed by atoms with Gasteiger partial charge in [0.15, 0.2) is 0 Å². The van der Waals surface area contributed by atoms with Crippen molar-refractivity contribution in [2.75, 3.05) is 40.4 Å². The molecule has 0 aromatic carbocycles. The molecule has 5 nitrogen and oxygen atoms in total. The first-order valence-corrected chi connectivity index (χ1v) is 5.90. The molecule has 0 heterocycles. The lowest BCUT2D eigenvalue weighted by molar-refractivity contribution is -0.131. The first-order chi connectivity index (χ1) is 8.06. The maximum Gasteiger partial charge on any atom is 0.236 e. The van der Waals surface area contributed by atoms with Crippen molar-refractivity contribution in [3.05, 3.63) is 0 Å². The van der Waals surface area contributed by atoms with Crippen molar-refractivity contribution < 1.29 is 9.53 Å².